The molecule has 1 unspecified atom stereocenters. The third-order valence-corrected chi connectivity index (χ3v) is 3.96. The van der Waals surface area contributed by atoms with E-state index in [2.05, 4.69) is 9.80 Å². The zero-order chi connectivity index (χ0) is 11.5. The predicted molar refractivity (Wildman–Crippen MR) is 62.1 cm³/mol. The van der Waals surface area contributed by atoms with E-state index in [1.54, 1.807) is 0 Å². The van der Waals surface area contributed by atoms with Crippen LogP contribution >= 0.6 is 0 Å². The third-order valence-electron chi connectivity index (χ3n) is 3.96. The van der Waals surface area contributed by atoms with Gasteiger partial charge in [-0.15, -0.1) is 0 Å². The Balaban J connectivity index is 2.01. The van der Waals surface area contributed by atoms with Gasteiger partial charge in [-0.3, -0.25) is 9.69 Å². The summed E-state index contributed by atoms with van der Waals surface area (Å²) in [5.74, 6) is 0.231. The van der Waals surface area contributed by atoms with Gasteiger partial charge in [-0.25, -0.2) is 0 Å². The van der Waals surface area contributed by atoms with E-state index in [-0.39, 0.29) is 18.6 Å². The molecule has 0 spiro atoms. The molecular formula is C12H22N2O2. The van der Waals surface area contributed by atoms with Gasteiger partial charge in [-0.1, -0.05) is 12.8 Å². The smallest absolute Gasteiger partial charge is 0.240 e. The molecule has 0 aromatic carbocycles. The summed E-state index contributed by atoms with van der Waals surface area (Å²) in [5.41, 5.74) is 0. The summed E-state index contributed by atoms with van der Waals surface area (Å²) in [4.78, 5) is 16.4. The summed E-state index contributed by atoms with van der Waals surface area (Å²) >= 11 is 0. The zero-order valence-electron chi connectivity index (χ0n) is 10.1. The van der Waals surface area contributed by atoms with Gasteiger partial charge in [0.1, 0.15) is 0 Å². The Hall–Kier alpha value is -0.610. The highest BCUT2D eigenvalue weighted by molar-refractivity contribution is 5.83. The highest BCUT2D eigenvalue weighted by atomic mass is 16.3. The van der Waals surface area contributed by atoms with E-state index in [0.29, 0.717) is 12.5 Å². The van der Waals surface area contributed by atoms with Crippen LogP contribution < -0.4 is 0 Å². The maximum atomic E-state index is 12.3. The van der Waals surface area contributed by atoms with E-state index in [0.717, 1.165) is 13.1 Å². The largest absolute Gasteiger partial charge is 0.396 e. The van der Waals surface area contributed by atoms with Crippen molar-refractivity contribution in [2.45, 2.75) is 44.2 Å². The van der Waals surface area contributed by atoms with Crippen LogP contribution in [0.25, 0.3) is 0 Å². The van der Waals surface area contributed by atoms with Crippen LogP contribution in [0.1, 0.15) is 32.1 Å². The van der Waals surface area contributed by atoms with Gasteiger partial charge in [0.2, 0.25) is 5.91 Å². The average molecular weight is 226 g/mol. The van der Waals surface area contributed by atoms with Crippen molar-refractivity contribution in [3.63, 3.8) is 0 Å². The number of amides is 1. The van der Waals surface area contributed by atoms with E-state index in [1.807, 2.05) is 7.05 Å². The Morgan fingerprint density at radius 1 is 1.31 bits per heavy atom. The van der Waals surface area contributed by atoms with Crippen molar-refractivity contribution in [1.82, 2.24) is 9.80 Å². The van der Waals surface area contributed by atoms with Crippen molar-refractivity contribution < 1.29 is 9.90 Å². The second kappa shape index (κ2) is 5.15. The first-order valence-corrected chi connectivity index (χ1v) is 6.35. The van der Waals surface area contributed by atoms with Gasteiger partial charge < -0.3 is 10.0 Å². The van der Waals surface area contributed by atoms with Gasteiger partial charge >= 0.3 is 0 Å². The van der Waals surface area contributed by atoms with Crippen LogP contribution in [0, 0.1) is 0 Å². The van der Waals surface area contributed by atoms with Crippen molar-refractivity contribution in [1.29, 1.82) is 0 Å². The number of carbonyl (C=O) groups excluding carboxylic acids is 1. The van der Waals surface area contributed by atoms with Crippen molar-refractivity contribution >= 4 is 5.91 Å². The molecule has 1 saturated heterocycles. The fourth-order valence-electron chi connectivity index (χ4n) is 2.96. The quantitative estimate of drug-likeness (QED) is 0.760. The number of piperazine rings is 1. The fourth-order valence-corrected chi connectivity index (χ4v) is 2.96. The number of carbonyl (C=O) groups is 1. The number of nitrogens with zero attached hydrogens (tertiary/aromatic N) is 2. The van der Waals surface area contributed by atoms with Crippen LogP contribution in [0.2, 0.25) is 0 Å². The molecule has 1 aliphatic carbocycles. The SMILES string of the molecule is CN1CCN(C2CCCC2)C(=O)C1CCO. The summed E-state index contributed by atoms with van der Waals surface area (Å²) in [6.45, 7) is 1.90. The Morgan fingerprint density at radius 2 is 2.00 bits per heavy atom. The monoisotopic (exact) mass is 226 g/mol. The van der Waals surface area contributed by atoms with Gasteiger partial charge in [0.05, 0.1) is 6.04 Å². The molecule has 4 heteroatoms. The lowest BCUT2D eigenvalue weighted by Crippen LogP contribution is -2.58. The Bertz CT molecular complexity index is 251. The van der Waals surface area contributed by atoms with Gasteiger partial charge in [0.15, 0.2) is 0 Å². The minimum atomic E-state index is -0.0978. The minimum absolute atomic E-state index is 0.0965. The average Bonchev–Trinajstić information content (AvgIpc) is 2.77. The summed E-state index contributed by atoms with van der Waals surface area (Å²) in [6.07, 6.45) is 5.42. The summed E-state index contributed by atoms with van der Waals surface area (Å²) in [5, 5.41) is 9.01. The van der Waals surface area contributed by atoms with Crippen LogP contribution in [0.5, 0.6) is 0 Å². The number of likely N-dealkylation sites (N-methyl/N-ethyl adjacent to an activating group) is 1. The molecule has 0 aromatic heterocycles. The second-order valence-corrected chi connectivity index (χ2v) is 4.98. The molecule has 2 aliphatic rings. The first kappa shape index (κ1) is 11.9. The first-order valence-electron chi connectivity index (χ1n) is 6.35. The lowest BCUT2D eigenvalue weighted by Gasteiger charge is -2.41. The molecule has 1 saturated carbocycles. The lowest BCUT2D eigenvalue weighted by molar-refractivity contribution is -0.144. The number of hydrogen-bond donors (Lipinski definition) is 1. The second-order valence-electron chi connectivity index (χ2n) is 4.98. The molecule has 0 aromatic rings. The molecule has 2 fully saturated rings. The van der Waals surface area contributed by atoms with Crippen LogP contribution in [0.4, 0.5) is 0 Å². The molecule has 0 radical (unpaired) electrons. The maximum Gasteiger partial charge on any atom is 0.240 e. The van der Waals surface area contributed by atoms with Crippen molar-refractivity contribution in [2.24, 2.45) is 0 Å². The molecule has 92 valence electrons. The normalized spacial score (nSPS) is 29.0. The molecular weight excluding hydrogens is 204 g/mol. The standard InChI is InChI=1S/C12H22N2O2/c1-13-7-8-14(10-4-2-3-5-10)12(16)11(13)6-9-15/h10-11,15H,2-9H2,1H3. The topological polar surface area (TPSA) is 43.8 Å². The molecule has 0 bridgehead atoms. The molecule has 1 amide bonds. The zero-order valence-corrected chi connectivity index (χ0v) is 10.1. The van der Waals surface area contributed by atoms with Gasteiger partial charge in [-0.2, -0.15) is 0 Å². The Morgan fingerprint density at radius 3 is 2.62 bits per heavy atom. The van der Waals surface area contributed by atoms with Gasteiger partial charge in [-0.05, 0) is 26.3 Å². The summed E-state index contributed by atoms with van der Waals surface area (Å²) in [7, 11) is 1.98. The van der Waals surface area contributed by atoms with Crippen molar-refractivity contribution in [3.05, 3.63) is 0 Å². The van der Waals surface area contributed by atoms with Crippen molar-refractivity contribution in [3.8, 4) is 0 Å². The van der Waals surface area contributed by atoms with Crippen LogP contribution in [0.3, 0.4) is 0 Å². The fraction of sp³-hybridized carbons (Fsp3) is 0.917. The number of aliphatic hydroxyl groups excluding tert-OH is 1. The van der Waals surface area contributed by atoms with Crippen LogP contribution in [-0.4, -0.2) is 59.6 Å². The number of aliphatic hydroxyl groups is 1. The van der Waals surface area contributed by atoms with E-state index in [1.165, 1.54) is 25.7 Å². The lowest BCUT2D eigenvalue weighted by atomic mass is 10.1. The predicted octanol–water partition coefficient (Wildman–Crippen LogP) is 0.454. The van der Waals surface area contributed by atoms with Gasteiger partial charge in [0.25, 0.3) is 0 Å². The highest BCUT2D eigenvalue weighted by Crippen LogP contribution is 2.26. The molecule has 4 nitrogen and oxygen atoms in total. The molecule has 16 heavy (non-hydrogen) atoms. The summed E-state index contributed by atoms with van der Waals surface area (Å²) in [6, 6.07) is 0.377. The first-order chi connectivity index (χ1) is 7.74. The molecule has 1 heterocycles. The molecule has 1 atom stereocenters. The Kier molecular flexibility index (Phi) is 3.82. The van der Waals surface area contributed by atoms with Crippen molar-refractivity contribution in [2.75, 3.05) is 26.7 Å². The van der Waals surface area contributed by atoms with Gasteiger partial charge in [0, 0.05) is 25.7 Å². The van der Waals surface area contributed by atoms with E-state index in [9.17, 15) is 4.79 Å². The maximum absolute atomic E-state index is 12.3. The van der Waals surface area contributed by atoms with E-state index < -0.39 is 0 Å². The summed E-state index contributed by atoms with van der Waals surface area (Å²) < 4.78 is 0. The number of hydrogen-bond acceptors (Lipinski definition) is 3. The minimum Gasteiger partial charge on any atom is -0.396 e. The molecule has 2 rings (SSSR count). The Labute approximate surface area is 97.2 Å². The number of rotatable bonds is 3. The molecule has 1 N–H and O–H groups in total. The van der Waals surface area contributed by atoms with Crippen LogP contribution in [-0.2, 0) is 4.79 Å². The van der Waals surface area contributed by atoms with E-state index >= 15 is 0 Å². The van der Waals surface area contributed by atoms with Crippen LogP contribution in [0.15, 0.2) is 0 Å². The molecule has 1 aliphatic heterocycles. The van der Waals surface area contributed by atoms with E-state index in [4.69, 9.17) is 5.11 Å². The highest BCUT2D eigenvalue weighted by Gasteiger charge is 2.36. The third kappa shape index (κ3) is 2.23.